The molecule has 3 nitrogen and oxygen atoms in total. The van der Waals surface area contributed by atoms with E-state index in [1.807, 2.05) is 6.20 Å². The molecule has 0 bridgehead atoms. The minimum atomic E-state index is 0.129. The van der Waals surface area contributed by atoms with Crippen molar-refractivity contribution in [3.05, 3.63) is 34.9 Å². The number of para-hydroxylation sites is 1. The molecule has 1 atom stereocenters. The predicted molar refractivity (Wildman–Crippen MR) is 88.3 cm³/mol. The summed E-state index contributed by atoms with van der Waals surface area (Å²) < 4.78 is 1.02. The molecule has 0 radical (unpaired) electrons. The number of piperazine rings is 1. The molecule has 1 unspecified atom stereocenters. The van der Waals surface area contributed by atoms with Gasteiger partial charge in [-0.3, -0.25) is 4.98 Å². The summed E-state index contributed by atoms with van der Waals surface area (Å²) in [6, 6.07) is 9.02. The van der Waals surface area contributed by atoms with Gasteiger partial charge >= 0.3 is 0 Å². The summed E-state index contributed by atoms with van der Waals surface area (Å²) in [4.78, 5) is 7.10. The van der Waals surface area contributed by atoms with Crippen LogP contribution in [0, 0.1) is 0 Å². The first kappa shape index (κ1) is 13.8. The molecular formula is C16H20BrN3. The topological polar surface area (TPSA) is 28.2 Å². The molecule has 0 aliphatic carbocycles. The maximum atomic E-state index is 4.63. The highest BCUT2D eigenvalue weighted by Crippen LogP contribution is 2.30. The summed E-state index contributed by atoms with van der Waals surface area (Å²) in [5, 5.41) is 4.78. The van der Waals surface area contributed by atoms with Crippen LogP contribution in [0.3, 0.4) is 0 Å². The molecular weight excluding hydrogens is 314 g/mol. The monoisotopic (exact) mass is 333 g/mol. The standard InChI is InChI=1S/C16H20BrN3/c1-11-8-19-16(2,3)10-20(11)14-6-4-5-12-7-13(17)9-18-15(12)14/h4-7,9,11,19H,8,10H2,1-3H3. The lowest BCUT2D eigenvalue weighted by Gasteiger charge is -2.44. The smallest absolute Gasteiger partial charge is 0.0936 e. The van der Waals surface area contributed by atoms with Crippen LogP contribution in [-0.4, -0.2) is 29.7 Å². The van der Waals surface area contributed by atoms with E-state index in [2.05, 4.69) is 76.2 Å². The molecule has 0 amide bonds. The van der Waals surface area contributed by atoms with E-state index in [-0.39, 0.29) is 5.54 Å². The van der Waals surface area contributed by atoms with Gasteiger partial charge in [0.1, 0.15) is 0 Å². The van der Waals surface area contributed by atoms with Crippen LogP contribution in [0.2, 0.25) is 0 Å². The predicted octanol–water partition coefficient (Wildman–Crippen LogP) is 3.57. The largest absolute Gasteiger partial charge is 0.364 e. The number of fused-ring (bicyclic) bond motifs is 1. The van der Waals surface area contributed by atoms with Crippen molar-refractivity contribution in [3.8, 4) is 0 Å². The molecule has 3 rings (SSSR count). The van der Waals surface area contributed by atoms with Gasteiger partial charge in [-0.2, -0.15) is 0 Å². The van der Waals surface area contributed by atoms with Gasteiger partial charge in [0.05, 0.1) is 11.2 Å². The van der Waals surface area contributed by atoms with Crippen LogP contribution in [0.15, 0.2) is 34.9 Å². The number of hydrogen-bond acceptors (Lipinski definition) is 3. The highest BCUT2D eigenvalue weighted by Gasteiger charge is 2.31. The first-order valence-electron chi connectivity index (χ1n) is 7.02. The third-order valence-corrected chi connectivity index (χ3v) is 4.37. The number of aromatic nitrogens is 1. The summed E-state index contributed by atoms with van der Waals surface area (Å²) in [6.07, 6.45) is 1.88. The normalized spacial score (nSPS) is 22.2. The van der Waals surface area contributed by atoms with Crippen molar-refractivity contribution in [2.45, 2.75) is 32.4 Å². The molecule has 2 aromatic rings. The van der Waals surface area contributed by atoms with E-state index >= 15 is 0 Å². The van der Waals surface area contributed by atoms with E-state index in [0.29, 0.717) is 6.04 Å². The number of anilines is 1. The minimum Gasteiger partial charge on any atom is -0.364 e. The summed E-state index contributed by atoms with van der Waals surface area (Å²) >= 11 is 3.50. The van der Waals surface area contributed by atoms with E-state index in [9.17, 15) is 0 Å². The number of pyridine rings is 1. The van der Waals surface area contributed by atoms with Gasteiger partial charge in [-0.15, -0.1) is 0 Å². The Hall–Kier alpha value is -1.13. The molecule has 1 aliphatic heterocycles. The molecule has 0 spiro atoms. The third-order valence-electron chi connectivity index (χ3n) is 3.94. The Morgan fingerprint density at radius 2 is 2.20 bits per heavy atom. The summed E-state index contributed by atoms with van der Waals surface area (Å²) in [7, 11) is 0. The third kappa shape index (κ3) is 2.54. The van der Waals surface area contributed by atoms with Crippen LogP contribution in [0.25, 0.3) is 10.9 Å². The summed E-state index contributed by atoms with van der Waals surface area (Å²) in [5.41, 5.74) is 2.45. The minimum absolute atomic E-state index is 0.129. The van der Waals surface area contributed by atoms with Crippen LogP contribution in [-0.2, 0) is 0 Å². The van der Waals surface area contributed by atoms with Crippen LogP contribution in [0.4, 0.5) is 5.69 Å². The lowest BCUT2D eigenvalue weighted by atomic mass is 9.98. The molecule has 1 aromatic heterocycles. The van der Waals surface area contributed by atoms with Crippen molar-refractivity contribution in [3.63, 3.8) is 0 Å². The van der Waals surface area contributed by atoms with Gasteiger partial charge in [0.2, 0.25) is 0 Å². The Morgan fingerprint density at radius 1 is 1.40 bits per heavy atom. The molecule has 0 saturated carbocycles. The second kappa shape index (κ2) is 5.01. The average molecular weight is 334 g/mol. The molecule has 106 valence electrons. The number of nitrogens with one attached hydrogen (secondary N) is 1. The van der Waals surface area contributed by atoms with Gasteiger partial charge in [0.15, 0.2) is 0 Å². The Morgan fingerprint density at radius 3 is 3.00 bits per heavy atom. The van der Waals surface area contributed by atoms with Crippen molar-refractivity contribution in [1.82, 2.24) is 10.3 Å². The van der Waals surface area contributed by atoms with Gasteiger partial charge in [-0.1, -0.05) is 12.1 Å². The number of hydrogen-bond donors (Lipinski definition) is 1. The SMILES string of the molecule is CC1CNC(C)(C)CN1c1cccc2cc(Br)cnc12. The fraction of sp³-hybridized carbons (Fsp3) is 0.438. The van der Waals surface area contributed by atoms with Crippen molar-refractivity contribution in [1.29, 1.82) is 0 Å². The zero-order valence-corrected chi connectivity index (χ0v) is 13.7. The van der Waals surface area contributed by atoms with Gasteiger partial charge < -0.3 is 10.2 Å². The van der Waals surface area contributed by atoms with E-state index in [4.69, 9.17) is 0 Å². The molecule has 2 heterocycles. The molecule has 1 aromatic carbocycles. The Labute approximate surface area is 128 Å². The number of nitrogens with zero attached hydrogens (tertiary/aromatic N) is 2. The van der Waals surface area contributed by atoms with E-state index in [0.717, 1.165) is 23.1 Å². The molecule has 20 heavy (non-hydrogen) atoms. The molecule has 1 fully saturated rings. The Kier molecular flexibility index (Phi) is 3.46. The second-order valence-corrected chi connectivity index (χ2v) is 7.16. The first-order chi connectivity index (χ1) is 9.46. The molecule has 1 aliphatic rings. The maximum absolute atomic E-state index is 4.63. The summed E-state index contributed by atoms with van der Waals surface area (Å²) in [6.45, 7) is 8.76. The molecule has 1 saturated heterocycles. The highest BCUT2D eigenvalue weighted by atomic mass is 79.9. The number of halogens is 1. The van der Waals surface area contributed by atoms with Gasteiger partial charge in [-0.25, -0.2) is 0 Å². The van der Waals surface area contributed by atoms with Crippen molar-refractivity contribution < 1.29 is 0 Å². The van der Waals surface area contributed by atoms with Crippen molar-refractivity contribution in [2.24, 2.45) is 0 Å². The Balaban J connectivity index is 2.09. The van der Waals surface area contributed by atoms with Crippen LogP contribution < -0.4 is 10.2 Å². The second-order valence-electron chi connectivity index (χ2n) is 6.24. The molecule has 4 heteroatoms. The lowest BCUT2D eigenvalue weighted by molar-refractivity contribution is 0.318. The first-order valence-corrected chi connectivity index (χ1v) is 7.81. The fourth-order valence-electron chi connectivity index (χ4n) is 2.84. The molecule has 1 N–H and O–H groups in total. The Bertz CT molecular complexity index is 639. The lowest BCUT2D eigenvalue weighted by Crippen LogP contribution is -2.61. The van der Waals surface area contributed by atoms with Gasteiger partial charge in [0.25, 0.3) is 0 Å². The van der Waals surface area contributed by atoms with Crippen molar-refractivity contribution in [2.75, 3.05) is 18.0 Å². The van der Waals surface area contributed by atoms with Gasteiger partial charge in [0, 0.05) is 40.7 Å². The van der Waals surface area contributed by atoms with Crippen LogP contribution >= 0.6 is 15.9 Å². The quantitative estimate of drug-likeness (QED) is 0.864. The zero-order chi connectivity index (χ0) is 14.3. The van der Waals surface area contributed by atoms with Crippen molar-refractivity contribution >= 4 is 32.5 Å². The highest BCUT2D eigenvalue weighted by molar-refractivity contribution is 9.10. The number of rotatable bonds is 1. The number of benzene rings is 1. The zero-order valence-electron chi connectivity index (χ0n) is 12.2. The average Bonchev–Trinajstić information content (AvgIpc) is 2.40. The van der Waals surface area contributed by atoms with E-state index in [1.54, 1.807) is 0 Å². The van der Waals surface area contributed by atoms with Gasteiger partial charge in [-0.05, 0) is 48.8 Å². The fourth-order valence-corrected chi connectivity index (χ4v) is 3.19. The van der Waals surface area contributed by atoms with E-state index < -0.39 is 0 Å². The van der Waals surface area contributed by atoms with Crippen LogP contribution in [0.1, 0.15) is 20.8 Å². The van der Waals surface area contributed by atoms with E-state index in [1.165, 1.54) is 11.1 Å². The van der Waals surface area contributed by atoms with Crippen LogP contribution in [0.5, 0.6) is 0 Å². The summed E-state index contributed by atoms with van der Waals surface area (Å²) in [5.74, 6) is 0. The maximum Gasteiger partial charge on any atom is 0.0936 e.